The van der Waals surface area contributed by atoms with Crippen LogP contribution in [0.2, 0.25) is 0 Å². The van der Waals surface area contributed by atoms with Gasteiger partial charge in [-0.25, -0.2) is 4.98 Å². The standard InChI is InChI=1S/C10H10N4O/c1-5-13-8-3-2-6(9(11)12)4-7(8)10(15)14-5/h2-4H,1H3,(H3,11,12)(H,13,14,15). The fraction of sp³-hybridized carbons (Fsp3) is 0.100. The second-order valence-electron chi connectivity index (χ2n) is 3.30. The van der Waals surface area contributed by atoms with Gasteiger partial charge >= 0.3 is 0 Å². The lowest BCUT2D eigenvalue weighted by molar-refractivity contribution is 1.06. The molecule has 1 heterocycles. The Kier molecular flexibility index (Phi) is 2.00. The molecular formula is C10H10N4O. The van der Waals surface area contributed by atoms with E-state index in [0.717, 1.165) is 0 Å². The molecule has 1 aromatic heterocycles. The van der Waals surface area contributed by atoms with Crippen LogP contribution in [0.15, 0.2) is 23.0 Å². The molecule has 0 aliphatic carbocycles. The minimum atomic E-state index is -0.208. The van der Waals surface area contributed by atoms with Gasteiger partial charge in [0.05, 0.1) is 10.9 Å². The molecule has 5 nitrogen and oxygen atoms in total. The Balaban J connectivity index is 2.83. The van der Waals surface area contributed by atoms with Crippen LogP contribution in [-0.4, -0.2) is 15.8 Å². The minimum absolute atomic E-state index is 0.0584. The van der Waals surface area contributed by atoms with Crippen LogP contribution in [0.25, 0.3) is 10.9 Å². The number of nitrogens with two attached hydrogens (primary N) is 1. The van der Waals surface area contributed by atoms with E-state index in [-0.39, 0.29) is 11.4 Å². The monoisotopic (exact) mass is 202 g/mol. The van der Waals surface area contributed by atoms with Crippen molar-refractivity contribution in [3.63, 3.8) is 0 Å². The molecule has 76 valence electrons. The van der Waals surface area contributed by atoms with E-state index in [9.17, 15) is 4.79 Å². The average Bonchev–Trinajstić information content (AvgIpc) is 2.16. The Bertz CT molecular complexity index is 600. The largest absolute Gasteiger partial charge is 0.384 e. The van der Waals surface area contributed by atoms with Crippen molar-refractivity contribution >= 4 is 16.7 Å². The number of nitrogen functional groups attached to an aromatic ring is 1. The van der Waals surface area contributed by atoms with Crippen LogP contribution in [0.3, 0.4) is 0 Å². The zero-order chi connectivity index (χ0) is 11.0. The Morgan fingerprint density at radius 1 is 1.53 bits per heavy atom. The first-order chi connectivity index (χ1) is 7.08. The molecule has 0 aliphatic heterocycles. The Morgan fingerprint density at radius 2 is 2.27 bits per heavy atom. The number of rotatable bonds is 1. The van der Waals surface area contributed by atoms with Crippen LogP contribution >= 0.6 is 0 Å². The molecule has 0 fully saturated rings. The molecule has 0 amide bonds. The number of aromatic amines is 1. The van der Waals surface area contributed by atoms with Gasteiger partial charge in [0.15, 0.2) is 0 Å². The summed E-state index contributed by atoms with van der Waals surface area (Å²) in [5.74, 6) is 0.514. The highest BCUT2D eigenvalue weighted by Crippen LogP contribution is 2.09. The Morgan fingerprint density at radius 3 is 2.93 bits per heavy atom. The second kappa shape index (κ2) is 3.20. The zero-order valence-corrected chi connectivity index (χ0v) is 8.16. The molecule has 2 aromatic rings. The molecule has 0 bridgehead atoms. The number of amidine groups is 1. The van der Waals surface area contributed by atoms with Gasteiger partial charge in [-0.15, -0.1) is 0 Å². The van der Waals surface area contributed by atoms with Gasteiger partial charge in [0.1, 0.15) is 11.7 Å². The molecule has 0 spiro atoms. The second-order valence-corrected chi connectivity index (χ2v) is 3.30. The van der Waals surface area contributed by atoms with Crippen LogP contribution in [0.5, 0.6) is 0 Å². The third kappa shape index (κ3) is 1.59. The number of nitrogens with one attached hydrogen (secondary N) is 2. The van der Waals surface area contributed by atoms with Gasteiger partial charge in [0.25, 0.3) is 5.56 Å². The van der Waals surface area contributed by atoms with Crippen LogP contribution in [0.4, 0.5) is 0 Å². The first-order valence-corrected chi connectivity index (χ1v) is 4.43. The summed E-state index contributed by atoms with van der Waals surface area (Å²) >= 11 is 0. The first kappa shape index (κ1) is 9.39. The molecule has 15 heavy (non-hydrogen) atoms. The van der Waals surface area contributed by atoms with E-state index in [4.69, 9.17) is 11.1 Å². The fourth-order valence-corrected chi connectivity index (χ4v) is 1.42. The van der Waals surface area contributed by atoms with E-state index >= 15 is 0 Å². The number of nitrogens with zero attached hydrogens (tertiary/aromatic N) is 1. The van der Waals surface area contributed by atoms with Gasteiger partial charge in [0.2, 0.25) is 0 Å². The molecule has 0 unspecified atom stereocenters. The highest BCUT2D eigenvalue weighted by molar-refractivity contribution is 5.98. The molecule has 0 aliphatic rings. The third-order valence-corrected chi connectivity index (χ3v) is 2.13. The molecule has 5 heteroatoms. The van der Waals surface area contributed by atoms with Crippen molar-refractivity contribution in [2.75, 3.05) is 0 Å². The summed E-state index contributed by atoms with van der Waals surface area (Å²) < 4.78 is 0. The van der Waals surface area contributed by atoms with E-state index in [0.29, 0.717) is 22.3 Å². The number of aromatic nitrogens is 2. The fourth-order valence-electron chi connectivity index (χ4n) is 1.42. The van der Waals surface area contributed by atoms with Crippen molar-refractivity contribution in [2.24, 2.45) is 5.73 Å². The normalized spacial score (nSPS) is 10.5. The lowest BCUT2D eigenvalue weighted by Gasteiger charge is -2.01. The highest BCUT2D eigenvalue weighted by atomic mass is 16.1. The summed E-state index contributed by atoms with van der Waals surface area (Å²) in [6, 6.07) is 4.94. The summed E-state index contributed by atoms with van der Waals surface area (Å²) in [6.07, 6.45) is 0. The number of benzene rings is 1. The smallest absolute Gasteiger partial charge is 0.258 e. The summed E-state index contributed by atoms with van der Waals surface area (Å²) in [5, 5.41) is 7.72. The van der Waals surface area contributed by atoms with E-state index in [1.54, 1.807) is 25.1 Å². The van der Waals surface area contributed by atoms with Gasteiger partial charge in [-0.05, 0) is 25.1 Å². The van der Waals surface area contributed by atoms with Crippen LogP contribution in [0.1, 0.15) is 11.4 Å². The van der Waals surface area contributed by atoms with Crippen molar-refractivity contribution in [3.8, 4) is 0 Å². The van der Waals surface area contributed by atoms with E-state index in [1.807, 2.05) is 0 Å². The predicted molar refractivity (Wildman–Crippen MR) is 58.1 cm³/mol. The topological polar surface area (TPSA) is 95.6 Å². The van der Waals surface area contributed by atoms with Crippen molar-refractivity contribution < 1.29 is 0 Å². The van der Waals surface area contributed by atoms with Gasteiger partial charge in [-0.1, -0.05) is 0 Å². The number of fused-ring (bicyclic) bond motifs is 1. The third-order valence-electron chi connectivity index (χ3n) is 2.13. The van der Waals surface area contributed by atoms with E-state index < -0.39 is 0 Å². The molecular weight excluding hydrogens is 192 g/mol. The van der Waals surface area contributed by atoms with Gasteiger partial charge in [-0.2, -0.15) is 0 Å². The van der Waals surface area contributed by atoms with Gasteiger partial charge < -0.3 is 10.7 Å². The lowest BCUT2D eigenvalue weighted by Crippen LogP contribution is -2.14. The Labute approximate surface area is 85.5 Å². The van der Waals surface area contributed by atoms with Crippen molar-refractivity contribution in [1.82, 2.24) is 9.97 Å². The molecule has 1 aromatic carbocycles. The molecule has 0 saturated heterocycles. The lowest BCUT2D eigenvalue weighted by atomic mass is 10.1. The summed E-state index contributed by atoms with van der Waals surface area (Å²) in [4.78, 5) is 18.3. The molecule has 0 atom stereocenters. The van der Waals surface area contributed by atoms with Crippen molar-refractivity contribution in [3.05, 3.63) is 39.9 Å². The number of aryl methyl sites for hydroxylation is 1. The molecule has 0 saturated carbocycles. The quantitative estimate of drug-likeness (QED) is 0.464. The molecule has 0 radical (unpaired) electrons. The predicted octanol–water partition coefficient (Wildman–Crippen LogP) is 0.516. The van der Waals surface area contributed by atoms with Crippen LogP contribution in [0, 0.1) is 12.3 Å². The summed E-state index contributed by atoms with van der Waals surface area (Å²) in [7, 11) is 0. The maximum Gasteiger partial charge on any atom is 0.258 e. The van der Waals surface area contributed by atoms with Crippen LogP contribution in [-0.2, 0) is 0 Å². The molecule has 2 rings (SSSR count). The maximum absolute atomic E-state index is 11.6. The van der Waals surface area contributed by atoms with E-state index in [2.05, 4.69) is 9.97 Å². The minimum Gasteiger partial charge on any atom is -0.384 e. The first-order valence-electron chi connectivity index (χ1n) is 4.43. The SMILES string of the molecule is Cc1nc2ccc(C(=N)N)cc2c(=O)[nH]1. The average molecular weight is 202 g/mol. The number of hydrogen-bond donors (Lipinski definition) is 3. The maximum atomic E-state index is 11.6. The molecule has 4 N–H and O–H groups in total. The van der Waals surface area contributed by atoms with Crippen molar-refractivity contribution in [1.29, 1.82) is 5.41 Å². The van der Waals surface area contributed by atoms with Gasteiger partial charge in [0, 0.05) is 5.56 Å². The number of hydrogen-bond acceptors (Lipinski definition) is 3. The Hall–Kier alpha value is -2.17. The van der Waals surface area contributed by atoms with Crippen molar-refractivity contribution in [2.45, 2.75) is 6.92 Å². The van der Waals surface area contributed by atoms with E-state index in [1.165, 1.54) is 0 Å². The zero-order valence-electron chi connectivity index (χ0n) is 8.16. The van der Waals surface area contributed by atoms with Crippen LogP contribution < -0.4 is 11.3 Å². The highest BCUT2D eigenvalue weighted by Gasteiger charge is 2.03. The van der Waals surface area contributed by atoms with Gasteiger partial charge in [-0.3, -0.25) is 10.2 Å². The summed E-state index contributed by atoms with van der Waals surface area (Å²) in [5.41, 5.74) is 6.27. The summed E-state index contributed by atoms with van der Waals surface area (Å²) in [6.45, 7) is 1.72. The number of H-pyrrole nitrogens is 1.